The molecule has 0 atom stereocenters. The van der Waals surface area contributed by atoms with Crippen LogP contribution in [-0.2, 0) is 17.6 Å². The van der Waals surface area contributed by atoms with Crippen molar-refractivity contribution in [2.45, 2.75) is 19.3 Å². The highest BCUT2D eigenvalue weighted by atomic mass is 16.3. The molecule has 1 aromatic heterocycles. The van der Waals surface area contributed by atoms with Gasteiger partial charge in [0.2, 0.25) is 5.91 Å². The molecule has 4 nitrogen and oxygen atoms in total. The zero-order valence-electron chi connectivity index (χ0n) is 10.8. The third kappa shape index (κ3) is 4.17. The second kappa shape index (κ2) is 6.64. The van der Waals surface area contributed by atoms with E-state index in [1.54, 1.807) is 6.26 Å². The van der Waals surface area contributed by atoms with Crippen LogP contribution in [0.25, 0.3) is 0 Å². The van der Waals surface area contributed by atoms with Crippen LogP contribution in [0.1, 0.15) is 17.7 Å². The van der Waals surface area contributed by atoms with Crippen molar-refractivity contribution < 1.29 is 9.21 Å². The lowest BCUT2D eigenvalue weighted by molar-refractivity contribution is -0.121. The van der Waals surface area contributed by atoms with Gasteiger partial charge in [0, 0.05) is 25.1 Å². The first kappa shape index (κ1) is 13.2. The molecule has 100 valence electrons. The second-order valence-corrected chi connectivity index (χ2v) is 4.38. The van der Waals surface area contributed by atoms with Gasteiger partial charge in [-0.15, -0.1) is 0 Å². The summed E-state index contributed by atoms with van der Waals surface area (Å²) in [5, 5.41) is 2.87. The van der Waals surface area contributed by atoms with Gasteiger partial charge in [0.1, 0.15) is 5.76 Å². The van der Waals surface area contributed by atoms with Crippen LogP contribution in [-0.4, -0.2) is 12.5 Å². The van der Waals surface area contributed by atoms with Gasteiger partial charge in [-0.2, -0.15) is 0 Å². The highest BCUT2D eigenvalue weighted by Crippen LogP contribution is 2.12. The number of rotatable bonds is 6. The van der Waals surface area contributed by atoms with Crippen molar-refractivity contribution in [2.24, 2.45) is 0 Å². The van der Waals surface area contributed by atoms with E-state index in [0.29, 0.717) is 25.8 Å². The summed E-state index contributed by atoms with van der Waals surface area (Å²) < 4.78 is 5.19. The average molecular weight is 258 g/mol. The number of aryl methyl sites for hydroxylation is 1. The number of nitrogens with two attached hydrogens (primary N) is 1. The maximum absolute atomic E-state index is 11.7. The molecular weight excluding hydrogens is 240 g/mol. The number of carbonyl (C=O) groups is 1. The molecule has 19 heavy (non-hydrogen) atoms. The van der Waals surface area contributed by atoms with Crippen LogP contribution in [0, 0.1) is 0 Å². The molecule has 0 saturated carbocycles. The number of carbonyl (C=O) groups excluding carboxylic acids is 1. The molecule has 0 aliphatic heterocycles. The second-order valence-electron chi connectivity index (χ2n) is 4.38. The highest BCUT2D eigenvalue weighted by molar-refractivity contribution is 5.76. The number of hydrogen-bond donors (Lipinski definition) is 2. The maximum atomic E-state index is 11.7. The molecule has 0 aliphatic rings. The van der Waals surface area contributed by atoms with Gasteiger partial charge in [-0.05, 0) is 30.2 Å². The summed E-state index contributed by atoms with van der Waals surface area (Å²) >= 11 is 0. The SMILES string of the molecule is Nc1ccccc1CCC(=O)NCCc1ccco1. The van der Waals surface area contributed by atoms with E-state index in [0.717, 1.165) is 17.0 Å². The predicted molar refractivity (Wildman–Crippen MR) is 74.6 cm³/mol. The zero-order valence-corrected chi connectivity index (χ0v) is 10.8. The molecule has 1 heterocycles. The van der Waals surface area contributed by atoms with Crippen LogP contribution in [0.2, 0.25) is 0 Å². The van der Waals surface area contributed by atoms with Crippen LogP contribution < -0.4 is 11.1 Å². The molecule has 0 radical (unpaired) electrons. The number of amides is 1. The van der Waals surface area contributed by atoms with E-state index in [-0.39, 0.29) is 5.91 Å². The lowest BCUT2D eigenvalue weighted by Gasteiger charge is -2.06. The minimum atomic E-state index is 0.0369. The van der Waals surface area contributed by atoms with Crippen molar-refractivity contribution in [3.8, 4) is 0 Å². The largest absolute Gasteiger partial charge is 0.469 e. The predicted octanol–water partition coefficient (Wildman–Crippen LogP) is 2.15. The lowest BCUT2D eigenvalue weighted by Crippen LogP contribution is -2.25. The number of para-hydroxylation sites is 1. The van der Waals surface area contributed by atoms with E-state index in [4.69, 9.17) is 10.2 Å². The van der Waals surface area contributed by atoms with Crippen molar-refractivity contribution in [1.29, 1.82) is 0 Å². The Bertz CT molecular complexity index is 521. The average Bonchev–Trinajstić information content (AvgIpc) is 2.91. The Balaban J connectivity index is 1.69. The molecule has 0 fully saturated rings. The van der Waals surface area contributed by atoms with Crippen molar-refractivity contribution in [3.63, 3.8) is 0 Å². The van der Waals surface area contributed by atoms with Gasteiger partial charge in [0.25, 0.3) is 0 Å². The summed E-state index contributed by atoms with van der Waals surface area (Å²) in [5.74, 6) is 0.919. The van der Waals surface area contributed by atoms with Crippen molar-refractivity contribution in [1.82, 2.24) is 5.32 Å². The molecule has 2 rings (SSSR count). The third-order valence-corrected chi connectivity index (χ3v) is 2.95. The first-order chi connectivity index (χ1) is 9.25. The fourth-order valence-electron chi connectivity index (χ4n) is 1.88. The minimum absolute atomic E-state index is 0.0369. The summed E-state index contributed by atoms with van der Waals surface area (Å²) in [6.07, 6.45) is 3.47. The normalized spacial score (nSPS) is 10.3. The van der Waals surface area contributed by atoms with Crippen LogP contribution in [0.5, 0.6) is 0 Å². The monoisotopic (exact) mass is 258 g/mol. The maximum Gasteiger partial charge on any atom is 0.220 e. The van der Waals surface area contributed by atoms with Crippen molar-refractivity contribution >= 4 is 11.6 Å². The Hall–Kier alpha value is -2.23. The topological polar surface area (TPSA) is 68.3 Å². The van der Waals surface area contributed by atoms with E-state index in [2.05, 4.69) is 5.32 Å². The molecule has 0 bridgehead atoms. The van der Waals surface area contributed by atoms with Crippen LogP contribution in [0.3, 0.4) is 0 Å². The number of nitrogen functional groups attached to an aromatic ring is 1. The van der Waals surface area contributed by atoms with Gasteiger partial charge >= 0.3 is 0 Å². The first-order valence-electron chi connectivity index (χ1n) is 6.38. The number of anilines is 1. The quantitative estimate of drug-likeness (QED) is 0.780. The first-order valence-corrected chi connectivity index (χ1v) is 6.38. The van der Waals surface area contributed by atoms with Gasteiger partial charge in [-0.1, -0.05) is 18.2 Å². The van der Waals surface area contributed by atoms with Crippen LogP contribution in [0.4, 0.5) is 5.69 Å². The molecule has 0 aliphatic carbocycles. The Kier molecular flexibility index (Phi) is 4.61. The molecule has 1 aromatic carbocycles. The van der Waals surface area contributed by atoms with Crippen LogP contribution in [0.15, 0.2) is 47.1 Å². The molecule has 3 N–H and O–H groups in total. The Morgan fingerprint density at radius 1 is 1.16 bits per heavy atom. The molecule has 0 unspecified atom stereocenters. The zero-order chi connectivity index (χ0) is 13.5. The fraction of sp³-hybridized carbons (Fsp3) is 0.267. The molecule has 2 aromatic rings. The summed E-state index contributed by atoms with van der Waals surface area (Å²) in [6.45, 7) is 0.594. The molecule has 0 spiro atoms. The van der Waals surface area contributed by atoms with Gasteiger partial charge in [0.15, 0.2) is 0 Å². The molecule has 4 heteroatoms. The number of hydrogen-bond acceptors (Lipinski definition) is 3. The van der Waals surface area contributed by atoms with Gasteiger partial charge < -0.3 is 15.5 Å². The van der Waals surface area contributed by atoms with E-state index >= 15 is 0 Å². The Labute approximate surface area is 112 Å². The van der Waals surface area contributed by atoms with E-state index in [9.17, 15) is 4.79 Å². The summed E-state index contributed by atoms with van der Waals surface area (Å²) in [4.78, 5) is 11.7. The molecule has 0 saturated heterocycles. The molecule has 1 amide bonds. The number of furan rings is 1. The fourth-order valence-corrected chi connectivity index (χ4v) is 1.88. The van der Waals surface area contributed by atoms with E-state index < -0.39 is 0 Å². The summed E-state index contributed by atoms with van der Waals surface area (Å²) in [6, 6.07) is 11.4. The minimum Gasteiger partial charge on any atom is -0.469 e. The van der Waals surface area contributed by atoms with Crippen LogP contribution >= 0.6 is 0 Å². The van der Waals surface area contributed by atoms with E-state index in [1.165, 1.54) is 0 Å². The number of benzene rings is 1. The van der Waals surface area contributed by atoms with Gasteiger partial charge in [-0.25, -0.2) is 0 Å². The Morgan fingerprint density at radius 2 is 2.00 bits per heavy atom. The van der Waals surface area contributed by atoms with Crippen molar-refractivity contribution in [3.05, 3.63) is 54.0 Å². The summed E-state index contributed by atoms with van der Waals surface area (Å²) in [7, 11) is 0. The number of nitrogens with one attached hydrogen (secondary N) is 1. The van der Waals surface area contributed by atoms with Gasteiger partial charge in [-0.3, -0.25) is 4.79 Å². The van der Waals surface area contributed by atoms with Gasteiger partial charge in [0.05, 0.1) is 6.26 Å². The smallest absolute Gasteiger partial charge is 0.220 e. The molecular formula is C15H18N2O2. The van der Waals surface area contributed by atoms with Crippen molar-refractivity contribution in [2.75, 3.05) is 12.3 Å². The summed E-state index contributed by atoms with van der Waals surface area (Å²) in [5.41, 5.74) is 7.59. The standard InChI is InChI=1S/C15H18N2O2/c16-14-6-2-1-4-12(14)7-8-15(18)17-10-9-13-5-3-11-19-13/h1-6,11H,7-10,16H2,(H,17,18). The lowest BCUT2D eigenvalue weighted by atomic mass is 10.1. The third-order valence-electron chi connectivity index (χ3n) is 2.95. The highest BCUT2D eigenvalue weighted by Gasteiger charge is 2.04. The Morgan fingerprint density at radius 3 is 2.74 bits per heavy atom. The van der Waals surface area contributed by atoms with E-state index in [1.807, 2.05) is 36.4 Å².